The second-order valence-electron chi connectivity index (χ2n) is 5.59. The fourth-order valence-electron chi connectivity index (χ4n) is 2.70. The number of fused-ring (bicyclic) bond motifs is 1. The van der Waals surface area contributed by atoms with Crippen LogP contribution in [0.5, 0.6) is 0 Å². The number of benzene rings is 1. The van der Waals surface area contributed by atoms with Crippen molar-refractivity contribution in [3.8, 4) is 0 Å². The number of hydrogen-bond acceptors (Lipinski definition) is 5. The van der Waals surface area contributed by atoms with Gasteiger partial charge in [0.05, 0.1) is 18.2 Å². The number of hydrogen-bond donors (Lipinski definition) is 2. The largest absolute Gasteiger partial charge is 0.376 e. The number of anilines is 1. The molecule has 0 amide bonds. The van der Waals surface area contributed by atoms with Gasteiger partial charge in [-0.2, -0.15) is 0 Å². The van der Waals surface area contributed by atoms with Crippen LogP contribution in [0.4, 0.5) is 5.95 Å². The summed E-state index contributed by atoms with van der Waals surface area (Å²) in [6.45, 7) is 1.40. The van der Waals surface area contributed by atoms with Gasteiger partial charge in [0.15, 0.2) is 0 Å². The molecule has 3 rings (SSSR count). The molecule has 0 unspecified atom stereocenters. The van der Waals surface area contributed by atoms with E-state index >= 15 is 0 Å². The Balaban J connectivity index is 1.44. The van der Waals surface area contributed by atoms with Crippen LogP contribution in [-0.2, 0) is 4.74 Å². The lowest BCUT2D eigenvalue weighted by atomic mass is 9.94. The molecule has 0 aliphatic heterocycles. The van der Waals surface area contributed by atoms with Crippen molar-refractivity contribution in [2.45, 2.75) is 37.8 Å². The summed E-state index contributed by atoms with van der Waals surface area (Å²) >= 11 is 0. The monoisotopic (exact) mass is 286 g/mol. The predicted molar refractivity (Wildman–Crippen MR) is 84.2 cm³/mol. The highest BCUT2D eigenvalue weighted by Crippen LogP contribution is 2.19. The molecule has 1 aliphatic rings. The molecule has 0 bridgehead atoms. The maximum Gasteiger partial charge on any atom is 0.223 e. The van der Waals surface area contributed by atoms with Crippen molar-refractivity contribution in [2.24, 2.45) is 5.73 Å². The molecule has 5 nitrogen and oxygen atoms in total. The molecule has 0 radical (unpaired) electrons. The van der Waals surface area contributed by atoms with Crippen molar-refractivity contribution < 1.29 is 4.74 Å². The van der Waals surface area contributed by atoms with Gasteiger partial charge in [-0.3, -0.25) is 0 Å². The van der Waals surface area contributed by atoms with Gasteiger partial charge < -0.3 is 15.8 Å². The molecule has 1 heterocycles. The Morgan fingerprint density at radius 1 is 1.19 bits per heavy atom. The zero-order valence-electron chi connectivity index (χ0n) is 12.2. The Bertz CT molecular complexity index is 581. The van der Waals surface area contributed by atoms with Crippen molar-refractivity contribution in [3.63, 3.8) is 0 Å². The zero-order chi connectivity index (χ0) is 14.5. The van der Waals surface area contributed by atoms with Crippen LogP contribution in [0.3, 0.4) is 0 Å². The number of nitrogens with one attached hydrogen (secondary N) is 1. The maximum absolute atomic E-state index is 5.89. The summed E-state index contributed by atoms with van der Waals surface area (Å²) in [6.07, 6.45) is 6.51. The summed E-state index contributed by atoms with van der Waals surface area (Å²) in [4.78, 5) is 8.78. The molecule has 0 saturated heterocycles. The lowest BCUT2D eigenvalue weighted by Gasteiger charge is -2.26. The zero-order valence-corrected chi connectivity index (χ0v) is 12.2. The lowest BCUT2D eigenvalue weighted by molar-refractivity contribution is 0.0312. The molecule has 1 fully saturated rings. The standard InChI is InChI=1S/C16H22N4O/c17-13-5-7-14(8-6-13)21-10-9-18-16-19-11-12-3-1-2-4-15(12)20-16/h1-4,11,13-14H,5-10,17H2,(H,18,19,20). The van der Waals surface area contributed by atoms with Crippen LogP contribution in [0.15, 0.2) is 30.5 Å². The average Bonchev–Trinajstić information content (AvgIpc) is 2.53. The van der Waals surface area contributed by atoms with Gasteiger partial charge in [0, 0.05) is 24.2 Å². The van der Waals surface area contributed by atoms with E-state index in [-0.39, 0.29) is 0 Å². The molecule has 0 atom stereocenters. The molecule has 1 aromatic heterocycles. The molecule has 3 N–H and O–H groups in total. The summed E-state index contributed by atoms with van der Waals surface area (Å²) in [7, 11) is 0. The van der Waals surface area contributed by atoms with Crippen molar-refractivity contribution in [3.05, 3.63) is 30.5 Å². The SMILES string of the molecule is NC1CCC(OCCNc2ncc3ccccc3n2)CC1. The molecule has 2 aromatic rings. The Hall–Kier alpha value is -1.72. The minimum Gasteiger partial charge on any atom is -0.376 e. The first kappa shape index (κ1) is 14.2. The van der Waals surface area contributed by atoms with Crippen LogP contribution >= 0.6 is 0 Å². The summed E-state index contributed by atoms with van der Waals surface area (Å²) in [5.74, 6) is 0.656. The number of aromatic nitrogens is 2. The first-order valence-electron chi connectivity index (χ1n) is 7.64. The normalized spacial score (nSPS) is 22.3. The van der Waals surface area contributed by atoms with Crippen LogP contribution in [0, 0.1) is 0 Å². The van der Waals surface area contributed by atoms with Gasteiger partial charge in [-0.1, -0.05) is 18.2 Å². The van der Waals surface area contributed by atoms with Crippen molar-refractivity contribution in [2.75, 3.05) is 18.5 Å². The summed E-state index contributed by atoms with van der Waals surface area (Å²) in [5, 5.41) is 4.27. The van der Waals surface area contributed by atoms with Gasteiger partial charge in [0.25, 0.3) is 0 Å². The summed E-state index contributed by atoms with van der Waals surface area (Å²) in [6, 6.07) is 8.34. The Morgan fingerprint density at radius 2 is 2.00 bits per heavy atom. The molecule has 1 aliphatic carbocycles. The number of nitrogens with two attached hydrogens (primary N) is 1. The van der Waals surface area contributed by atoms with E-state index in [0.717, 1.165) is 43.1 Å². The van der Waals surface area contributed by atoms with Crippen LogP contribution in [-0.4, -0.2) is 35.3 Å². The predicted octanol–water partition coefficient (Wildman–Crippen LogP) is 2.33. The molecule has 0 spiro atoms. The third kappa shape index (κ3) is 3.89. The molecule has 1 saturated carbocycles. The van der Waals surface area contributed by atoms with E-state index in [0.29, 0.717) is 24.7 Å². The molecule has 21 heavy (non-hydrogen) atoms. The Morgan fingerprint density at radius 3 is 2.86 bits per heavy atom. The van der Waals surface area contributed by atoms with E-state index in [9.17, 15) is 0 Å². The van der Waals surface area contributed by atoms with E-state index in [2.05, 4.69) is 15.3 Å². The molecular weight excluding hydrogens is 264 g/mol. The van der Waals surface area contributed by atoms with Gasteiger partial charge in [0.1, 0.15) is 0 Å². The molecular formula is C16H22N4O. The maximum atomic E-state index is 5.89. The smallest absolute Gasteiger partial charge is 0.223 e. The number of para-hydroxylation sites is 1. The van der Waals surface area contributed by atoms with Gasteiger partial charge in [-0.05, 0) is 31.7 Å². The second-order valence-corrected chi connectivity index (χ2v) is 5.59. The fourth-order valence-corrected chi connectivity index (χ4v) is 2.70. The van der Waals surface area contributed by atoms with Crippen LogP contribution < -0.4 is 11.1 Å². The quantitative estimate of drug-likeness (QED) is 0.825. The molecule has 1 aromatic carbocycles. The number of nitrogens with zero attached hydrogens (tertiary/aromatic N) is 2. The van der Waals surface area contributed by atoms with E-state index in [1.807, 2.05) is 30.5 Å². The Labute approximate surface area is 124 Å². The highest BCUT2D eigenvalue weighted by atomic mass is 16.5. The highest BCUT2D eigenvalue weighted by molar-refractivity contribution is 5.78. The summed E-state index contributed by atoms with van der Waals surface area (Å²) in [5.41, 5.74) is 6.84. The Kier molecular flexibility index (Phi) is 4.62. The van der Waals surface area contributed by atoms with Crippen LogP contribution in [0.2, 0.25) is 0 Å². The number of ether oxygens (including phenoxy) is 1. The van der Waals surface area contributed by atoms with E-state index in [1.165, 1.54) is 0 Å². The first-order chi connectivity index (χ1) is 10.3. The molecule has 112 valence electrons. The van der Waals surface area contributed by atoms with Crippen LogP contribution in [0.1, 0.15) is 25.7 Å². The highest BCUT2D eigenvalue weighted by Gasteiger charge is 2.18. The van der Waals surface area contributed by atoms with Crippen molar-refractivity contribution >= 4 is 16.9 Å². The number of rotatable bonds is 5. The minimum absolute atomic E-state index is 0.365. The third-order valence-corrected chi connectivity index (χ3v) is 3.95. The lowest BCUT2D eigenvalue weighted by Crippen LogP contribution is -2.31. The van der Waals surface area contributed by atoms with Gasteiger partial charge >= 0.3 is 0 Å². The average molecular weight is 286 g/mol. The molecule has 5 heteroatoms. The van der Waals surface area contributed by atoms with E-state index in [4.69, 9.17) is 10.5 Å². The van der Waals surface area contributed by atoms with Gasteiger partial charge in [-0.25, -0.2) is 9.97 Å². The first-order valence-corrected chi connectivity index (χ1v) is 7.64. The summed E-state index contributed by atoms with van der Waals surface area (Å²) < 4.78 is 5.87. The van der Waals surface area contributed by atoms with Crippen LogP contribution in [0.25, 0.3) is 10.9 Å². The topological polar surface area (TPSA) is 73.1 Å². The van der Waals surface area contributed by atoms with E-state index in [1.54, 1.807) is 0 Å². The second kappa shape index (κ2) is 6.83. The minimum atomic E-state index is 0.365. The van der Waals surface area contributed by atoms with Crippen molar-refractivity contribution in [1.29, 1.82) is 0 Å². The fraction of sp³-hybridized carbons (Fsp3) is 0.500. The third-order valence-electron chi connectivity index (χ3n) is 3.95. The van der Waals surface area contributed by atoms with Gasteiger partial charge in [-0.15, -0.1) is 0 Å². The van der Waals surface area contributed by atoms with E-state index < -0.39 is 0 Å². The van der Waals surface area contributed by atoms with Crippen molar-refractivity contribution in [1.82, 2.24) is 9.97 Å². The van der Waals surface area contributed by atoms with Gasteiger partial charge in [0.2, 0.25) is 5.95 Å².